The second-order valence-electron chi connectivity index (χ2n) is 7.41. The highest BCUT2D eigenvalue weighted by Crippen LogP contribution is 2.28. The molecular weight excluding hydrogens is 472 g/mol. The number of rotatable bonds is 8. The van der Waals surface area contributed by atoms with Crippen LogP contribution in [0.5, 0.6) is 0 Å². The van der Waals surface area contributed by atoms with Crippen molar-refractivity contribution in [3.05, 3.63) is 42.2 Å². The summed E-state index contributed by atoms with van der Waals surface area (Å²) in [5, 5.41) is 2.31. The standard InChI is InChI=1S/C21H26N2O8S2/c1-3-30-21(25)17-9-10-19(31-17)33(28,29)23-13-11-15(12-14-23)20(24)22-16-7-5-6-8-18(16)32(26,27)4-2/h5-10,15H,3-4,11-14H2,1-2H3,(H,22,24). The molecular formula is C21H26N2O8S2. The molecule has 3 rings (SSSR count). The van der Waals surface area contributed by atoms with Crippen LogP contribution in [0.1, 0.15) is 37.2 Å². The van der Waals surface area contributed by atoms with Crippen LogP contribution in [0.25, 0.3) is 0 Å². The summed E-state index contributed by atoms with van der Waals surface area (Å²) in [6.07, 6.45) is 0.498. The lowest BCUT2D eigenvalue weighted by Crippen LogP contribution is -2.41. The maximum Gasteiger partial charge on any atom is 0.374 e. The lowest BCUT2D eigenvalue weighted by Gasteiger charge is -2.29. The van der Waals surface area contributed by atoms with Crippen LogP contribution in [0.15, 0.2) is 50.8 Å². The molecule has 12 heteroatoms. The molecule has 33 heavy (non-hydrogen) atoms. The number of ether oxygens (including phenoxy) is 1. The topological polar surface area (TPSA) is 140 Å². The van der Waals surface area contributed by atoms with Gasteiger partial charge in [0.2, 0.25) is 16.8 Å². The van der Waals surface area contributed by atoms with Crippen molar-refractivity contribution in [1.29, 1.82) is 0 Å². The van der Waals surface area contributed by atoms with Crippen LogP contribution in [-0.4, -0.2) is 58.5 Å². The molecule has 1 fully saturated rings. The molecule has 0 atom stereocenters. The van der Waals surface area contributed by atoms with Gasteiger partial charge in [-0.15, -0.1) is 0 Å². The average molecular weight is 499 g/mol. The van der Waals surface area contributed by atoms with E-state index in [1.165, 1.54) is 35.5 Å². The Kier molecular flexibility index (Phi) is 7.60. The number of esters is 1. The largest absolute Gasteiger partial charge is 0.460 e. The number of amides is 1. The van der Waals surface area contributed by atoms with Crippen LogP contribution in [0.4, 0.5) is 5.69 Å². The van der Waals surface area contributed by atoms with Gasteiger partial charge in [-0.3, -0.25) is 4.79 Å². The SMILES string of the molecule is CCOC(=O)c1ccc(S(=O)(=O)N2CCC(C(=O)Nc3ccccc3S(=O)(=O)CC)CC2)o1. The van der Waals surface area contributed by atoms with E-state index < -0.39 is 31.7 Å². The van der Waals surface area contributed by atoms with Crippen molar-refractivity contribution in [2.24, 2.45) is 5.92 Å². The van der Waals surface area contributed by atoms with Gasteiger partial charge in [-0.2, -0.15) is 4.31 Å². The van der Waals surface area contributed by atoms with Gasteiger partial charge in [0.1, 0.15) is 0 Å². The number of sulfone groups is 1. The fraction of sp³-hybridized carbons (Fsp3) is 0.429. The van der Waals surface area contributed by atoms with Gasteiger partial charge in [0, 0.05) is 19.0 Å². The summed E-state index contributed by atoms with van der Waals surface area (Å²) in [7, 11) is -7.50. The summed E-state index contributed by atoms with van der Waals surface area (Å²) >= 11 is 0. The lowest BCUT2D eigenvalue weighted by molar-refractivity contribution is -0.120. The van der Waals surface area contributed by atoms with E-state index in [-0.39, 0.29) is 65.6 Å². The first-order valence-corrected chi connectivity index (χ1v) is 13.6. The van der Waals surface area contributed by atoms with Gasteiger partial charge in [0.25, 0.3) is 10.0 Å². The van der Waals surface area contributed by atoms with E-state index in [0.29, 0.717) is 0 Å². The van der Waals surface area contributed by atoms with Gasteiger partial charge in [-0.1, -0.05) is 19.1 Å². The third-order valence-corrected chi connectivity index (χ3v) is 8.90. The molecule has 1 saturated heterocycles. The number of nitrogens with one attached hydrogen (secondary N) is 1. The molecule has 180 valence electrons. The van der Waals surface area contributed by atoms with Crippen LogP contribution in [-0.2, 0) is 29.4 Å². The van der Waals surface area contributed by atoms with E-state index >= 15 is 0 Å². The normalized spacial score (nSPS) is 15.8. The van der Waals surface area contributed by atoms with Gasteiger partial charge in [-0.25, -0.2) is 21.6 Å². The van der Waals surface area contributed by atoms with E-state index in [1.54, 1.807) is 19.1 Å². The molecule has 1 aliphatic heterocycles. The van der Waals surface area contributed by atoms with Crippen LogP contribution in [0.3, 0.4) is 0 Å². The number of benzene rings is 1. The average Bonchev–Trinajstić information content (AvgIpc) is 3.31. The summed E-state index contributed by atoms with van der Waals surface area (Å²) in [4.78, 5) is 24.5. The van der Waals surface area contributed by atoms with Crippen molar-refractivity contribution in [3.63, 3.8) is 0 Å². The highest BCUT2D eigenvalue weighted by atomic mass is 32.2. The Hall–Kier alpha value is -2.70. The number of carbonyl (C=O) groups is 2. The number of hydrogen-bond acceptors (Lipinski definition) is 8. The second-order valence-corrected chi connectivity index (χ2v) is 11.5. The Labute approximate surface area is 192 Å². The maximum atomic E-state index is 12.8. The third-order valence-electron chi connectivity index (χ3n) is 5.34. The number of para-hydroxylation sites is 1. The second kappa shape index (κ2) is 10.1. The summed E-state index contributed by atoms with van der Waals surface area (Å²) in [6.45, 7) is 3.43. The van der Waals surface area contributed by atoms with E-state index in [0.717, 1.165) is 0 Å². The van der Waals surface area contributed by atoms with Crippen LogP contribution >= 0.6 is 0 Å². The molecule has 1 aromatic heterocycles. The quantitative estimate of drug-likeness (QED) is 0.547. The Morgan fingerprint density at radius 1 is 1.06 bits per heavy atom. The molecule has 1 aliphatic rings. The Morgan fingerprint density at radius 2 is 1.73 bits per heavy atom. The molecule has 0 saturated carbocycles. The Balaban J connectivity index is 1.66. The molecule has 10 nitrogen and oxygen atoms in total. The highest BCUT2D eigenvalue weighted by molar-refractivity contribution is 7.91. The summed E-state index contributed by atoms with van der Waals surface area (Å²) in [6, 6.07) is 8.63. The van der Waals surface area contributed by atoms with Crippen molar-refractivity contribution in [2.75, 3.05) is 30.8 Å². The predicted molar refractivity (Wildman–Crippen MR) is 119 cm³/mol. The van der Waals surface area contributed by atoms with Gasteiger partial charge in [-0.05, 0) is 44.0 Å². The van der Waals surface area contributed by atoms with Gasteiger partial charge >= 0.3 is 5.97 Å². The molecule has 1 N–H and O–H groups in total. The van der Waals surface area contributed by atoms with E-state index in [9.17, 15) is 26.4 Å². The van der Waals surface area contributed by atoms with E-state index in [1.807, 2.05) is 0 Å². The molecule has 2 heterocycles. The number of anilines is 1. The molecule has 0 bridgehead atoms. The number of sulfonamides is 1. The van der Waals surface area contributed by atoms with Crippen molar-refractivity contribution < 1.29 is 35.6 Å². The summed E-state index contributed by atoms with van der Waals surface area (Å²) < 4.78 is 61.5. The summed E-state index contributed by atoms with van der Waals surface area (Å²) in [5.74, 6) is -1.90. The number of furan rings is 1. The zero-order valence-corrected chi connectivity index (χ0v) is 19.9. The van der Waals surface area contributed by atoms with Gasteiger partial charge < -0.3 is 14.5 Å². The minimum Gasteiger partial charge on any atom is -0.460 e. The zero-order valence-electron chi connectivity index (χ0n) is 18.3. The molecule has 1 amide bonds. The number of nitrogens with zero attached hydrogens (tertiary/aromatic N) is 1. The minimum atomic E-state index is -3.98. The maximum absolute atomic E-state index is 12.8. The van der Waals surface area contributed by atoms with Crippen molar-refractivity contribution in [1.82, 2.24) is 4.31 Å². The Morgan fingerprint density at radius 3 is 2.36 bits per heavy atom. The van der Waals surface area contributed by atoms with Gasteiger partial charge in [0.05, 0.1) is 22.9 Å². The van der Waals surface area contributed by atoms with E-state index in [4.69, 9.17) is 9.15 Å². The smallest absolute Gasteiger partial charge is 0.374 e. The van der Waals surface area contributed by atoms with Crippen molar-refractivity contribution in [2.45, 2.75) is 36.7 Å². The van der Waals surface area contributed by atoms with Crippen molar-refractivity contribution >= 4 is 37.4 Å². The monoisotopic (exact) mass is 498 g/mol. The van der Waals surface area contributed by atoms with Gasteiger partial charge in [0.15, 0.2) is 9.84 Å². The molecule has 0 spiro atoms. The first-order valence-electron chi connectivity index (χ1n) is 10.5. The third kappa shape index (κ3) is 5.45. The van der Waals surface area contributed by atoms with Crippen molar-refractivity contribution in [3.8, 4) is 0 Å². The first-order chi connectivity index (χ1) is 15.6. The molecule has 2 aromatic rings. The fourth-order valence-corrected chi connectivity index (χ4v) is 5.92. The van der Waals surface area contributed by atoms with Crippen LogP contribution in [0, 0.1) is 5.92 Å². The predicted octanol–water partition coefficient (Wildman–Crippen LogP) is 2.29. The number of hydrogen-bond donors (Lipinski definition) is 1. The first kappa shape index (κ1) is 24.9. The molecule has 1 aromatic carbocycles. The summed E-state index contributed by atoms with van der Waals surface area (Å²) in [5.41, 5.74) is 0.210. The molecule has 0 aliphatic carbocycles. The van der Waals surface area contributed by atoms with E-state index in [2.05, 4.69) is 5.32 Å². The molecule has 0 radical (unpaired) electrons. The van der Waals surface area contributed by atoms with Crippen LogP contribution < -0.4 is 5.32 Å². The number of piperidine rings is 1. The fourth-order valence-electron chi connectivity index (χ4n) is 3.49. The Bertz CT molecular complexity index is 1230. The molecule has 0 unspecified atom stereocenters. The highest BCUT2D eigenvalue weighted by Gasteiger charge is 2.34. The number of carbonyl (C=O) groups excluding carboxylic acids is 2. The zero-order chi connectivity index (χ0) is 24.2. The van der Waals surface area contributed by atoms with Crippen LogP contribution in [0.2, 0.25) is 0 Å². The minimum absolute atomic E-state index is 0.0519. The lowest BCUT2D eigenvalue weighted by atomic mass is 9.97.